The molecule has 2 rings (SSSR count). The minimum absolute atomic E-state index is 0.115. The maximum absolute atomic E-state index is 11.9. The maximum atomic E-state index is 11.9. The fourth-order valence-corrected chi connectivity index (χ4v) is 3.07. The summed E-state index contributed by atoms with van der Waals surface area (Å²) in [6.45, 7) is 8.10. The fourth-order valence-electron chi connectivity index (χ4n) is 3.07. The first-order chi connectivity index (χ1) is 12.2. The highest BCUT2D eigenvalue weighted by Gasteiger charge is 2.14. The van der Waals surface area contributed by atoms with Crippen molar-refractivity contribution in [1.82, 2.24) is 5.32 Å². The van der Waals surface area contributed by atoms with E-state index in [4.69, 9.17) is 9.47 Å². The van der Waals surface area contributed by atoms with Crippen molar-refractivity contribution < 1.29 is 14.3 Å². The molecule has 0 radical (unpaired) electrons. The van der Waals surface area contributed by atoms with Gasteiger partial charge < -0.3 is 14.8 Å². The summed E-state index contributed by atoms with van der Waals surface area (Å²) < 4.78 is 11.5. The summed E-state index contributed by atoms with van der Waals surface area (Å²) in [6, 6.07) is 4.23. The molecule has 25 heavy (non-hydrogen) atoms. The lowest BCUT2D eigenvalue weighted by atomic mass is 10.0. The minimum atomic E-state index is 0.115. The Hall–Kier alpha value is -1.97. The quantitative estimate of drug-likeness (QED) is 0.641. The van der Waals surface area contributed by atoms with E-state index in [9.17, 15) is 4.79 Å². The normalized spacial score (nSPS) is 13.7. The Morgan fingerprint density at radius 2 is 2.16 bits per heavy atom. The van der Waals surface area contributed by atoms with Crippen LogP contribution in [-0.2, 0) is 11.2 Å². The Bertz CT molecular complexity index is 595. The van der Waals surface area contributed by atoms with E-state index < -0.39 is 0 Å². The van der Waals surface area contributed by atoms with Gasteiger partial charge in [0, 0.05) is 12.5 Å². The molecule has 1 heterocycles. The van der Waals surface area contributed by atoms with Crippen molar-refractivity contribution >= 4 is 12.0 Å². The maximum Gasteiger partial charge on any atom is 0.222 e. The van der Waals surface area contributed by atoms with Gasteiger partial charge in [-0.3, -0.25) is 4.79 Å². The Morgan fingerprint density at radius 1 is 1.32 bits per heavy atom. The molecule has 1 aliphatic rings. The zero-order valence-corrected chi connectivity index (χ0v) is 15.8. The van der Waals surface area contributed by atoms with E-state index in [1.165, 1.54) is 5.56 Å². The second kappa shape index (κ2) is 10.1. The van der Waals surface area contributed by atoms with Gasteiger partial charge in [-0.05, 0) is 62.5 Å². The van der Waals surface area contributed by atoms with Crippen LogP contribution in [0.5, 0.6) is 11.5 Å². The van der Waals surface area contributed by atoms with Crippen molar-refractivity contribution in [2.45, 2.75) is 52.9 Å². The molecule has 0 saturated carbocycles. The average molecular weight is 345 g/mol. The number of nitrogens with one attached hydrogen (secondary N) is 1. The molecule has 1 unspecified atom stereocenters. The molecule has 1 N–H and O–H groups in total. The number of amides is 1. The molecule has 1 aromatic rings. The summed E-state index contributed by atoms with van der Waals surface area (Å²) in [4.78, 5) is 11.9. The molecule has 1 amide bonds. The van der Waals surface area contributed by atoms with E-state index >= 15 is 0 Å². The Balaban J connectivity index is 1.82. The monoisotopic (exact) mass is 345 g/mol. The van der Waals surface area contributed by atoms with Crippen molar-refractivity contribution in [3.05, 3.63) is 29.3 Å². The third kappa shape index (κ3) is 5.80. The Morgan fingerprint density at radius 3 is 2.92 bits per heavy atom. The van der Waals surface area contributed by atoms with Crippen LogP contribution >= 0.6 is 0 Å². The molecular formula is C21H31NO3. The number of fused-ring (bicyclic) bond motifs is 1. The van der Waals surface area contributed by atoms with Crippen LogP contribution in [0, 0.1) is 5.92 Å². The van der Waals surface area contributed by atoms with Gasteiger partial charge >= 0.3 is 0 Å². The lowest BCUT2D eigenvalue weighted by Crippen LogP contribution is -2.29. The van der Waals surface area contributed by atoms with E-state index in [0.29, 0.717) is 13.2 Å². The first-order valence-electron chi connectivity index (χ1n) is 9.52. The number of benzene rings is 1. The van der Waals surface area contributed by atoms with Gasteiger partial charge in [0.25, 0.3) is 0 Å². The van der Waals surface area contributed by atoms with E-state index in [0.717, 1.165) is 55.7 Å². The number of aryl methyl sites for hydroxylation is 1. The van der Waals surface area contributed by atoms with Gasteiger partial charge in [-0.15, -0.1) is 0 Å². The molecule has 0 spiro atoms. The van der Waals surface area contributed by atoms with Crippen LogP contribution in [0.15, 0.2) is 18.2 Å². The molecule has 0 aromatic heterocycles. The predicted molar refractivity (Wildman–Crippen MR) is 102 cm³/mol. The first-order valence-corrected chi connectivity index (χ1v) is 9.52. The van der Waals surface area contributed by atoms with Gasteiger partial charge in [-0.2, -0.15) is 0 Å². The molecular weight excluding hydrogens is 314 g/mol. The smallest absolute Gasteiger partial charge is 0.222 e. The van der Waals surface area contributed by atoms with Gasteiger partial charge in [0.05, 0.1) is 12.2 Å². The number of rotatable bonds is 10. The van der Waals surface area contributed by atoms with Crippen LogP contribution in [0.2, 0.25) is 0 Å². The van der Waals surface area contributed by atoms with E-state index in [2.05, 4.69) is 30.4 Å². The molecule has 138 valence electrons. The fraction of sp³-hybridized carbons (Fsp3) is 0.571. The van der Waals surface area contributed by atoms with E-state index in [-0.39, 0.29) is 11.8 Å². The number of ether oxygens (including phenoxy) is 2. The van der Waals surface area contributed by atoms with Crippen LogP contribution < -0.4 is 14.8 Å². The molecule has 0 saturated heterocycles. The number of carbonyl (C=O) groups excluding carboxylic acids is 1. The van der Waals surface area contributed by atoms with Crippen LogP contribution in [0.1, 0.15) is 57.6 Å². The second-order valence-electron chi connectivity index (χ2n) is 6.59. The third-order valence-electron chi connectivity index (χ3n) is 4.44. The van der Waals surface area contributed by atoms with Crippen LogP contribution in [0.3, 0.4) is 0 Å². The Labute approximate surface area is 151 Å². The molecule has 0 aliphatic carbocycles. The van der Waals surface area contributed by atoms with Crippen molar-refractivity contribution in [3.63, 3.8) is 0 Å². The van der Waals surface area contributed by atoms with Gasteiger partial charge in [-0.25, -0.2) is 0 Å². The summed E-state index contributed by atoms with van der Waals surface area (Å²) in [5, 5.41) is 3.04. The van der Waals surface area contributed by atoms with Crippen molar-refractivity contribution in [2.75, 3.05) is 19.8 Å². The summed E-state index contributed by atoms with van der Waals surface area (Å²) >= 11 is 0. The summed E-state index contributed by atoms with van der Waals surface area (Å²) in [5.41, 5.74) is 2.26. The second-order valence-corrected chi connectivity index (χ2v) is 6.59. The number of hydrogen-bond acceptors (Lipinski definition) is 3. The van der Waals surface area contributed by atoms with Crippen LogP contribution in [-0.4, -0.2) is 25.7 Å². The number of hydrogen-bond donors (Lipinski definition) is 1. The molecule has 1 aromatic carbocycles. The number of unbranched alkanes of at least 4 members (excludes halogenated alkanes) is 1. The summed E-state index contributed by atoms with van der Waals surface area (Å²) in [5.74, 6) is 2.09. The molecule has 1 aliphatic heterocycles. The summed E-state index contributed by atoms with van der Waals surface area (Å²) in [6.07, 6.45) is 9.05. The average Bonchev–Trinajstić information content (AvgIpc) is 2.61. The largest absolute Gasteiger partial charge is 0.493 e. The van der Waals surface area contributed by atoms with Crippen LogP contribution in [0.25, 0.3) is 6.08 Å². The summed E-state index contributed by atoms with van der Waals surface area (Å²) in [7, 11) is 0. The van der Waals surface area contributed by atoms with Crippen LogP contribution in [0.4, 0.5) is 0 Å². The number of carbonyl (C=O) groups is 1. The van der Waals surface area contributed by atoms with E-state index in [1.54, 1.807) is 0 Å². The highest BCUT2D eigenvalue weighted by Crippen LogP contribution is 2.34. The van der Waals surface area contributed by atoms with Gasteiger partial charge in [-0.1, -0.05) is 20.3 Å². The lowest BCUT2D eigenvalue weighted by molar-refractivity contribution is -0.124. The van der Waals surface area contributed by atoms with Gasteiger partial charge in [0.1, 0.15) is 18.1 Å². The first kappa shape index (κ1) is 19.4. The highest BCUT2D eigenvalue weighted by molar-refractivity contribution is 5.78. The van der Waals surface area contributed by atoms with Gasteiger partial charge in [0.2, 0.25) is 5.91 Å². The lowest BCUT2D eigenvalue weighted by Gasteiger charge is -2.18. The van der Waals surface area contributed by atoms with E-state index in [1.807, 2.05) is 19.9 Å². The SMILES string of the molecule is CCCC(C)C(=O)NCCCCc1cc(OCC)c2c(c1)OCC=C2. The Kier molecular flexibility index (Phi) is 7.83. The minimum Gasteiger partial charge on any atom is -0.493 e. The zero-order chi connectivity index (χ0) is 18.1. The molecule has 4 heteroatoms. The van der Waals surface area contributed by atoms with Crippen molar-refractivity contribution in [1.29, 1.82) is 0 Å². The molecule has 4 nitrogen and oxygen atoms in total. The van der Waals surface area contributed by atoms with Crippen molar-refractivity contribution in [3.8, 4) is 11.5 Å². The molecule has 0 bridgehead atoms. The van der Waals surface area contributed by atoms with Crippen molar-refractivity contribution in [2.24, 2.45) is 5.92 Å². The third-order valence-corrected chi connectivity index (χ3v) is 4.44. The zero-order valence-electron chi connectivity index (χ0n) is 15.8. The van der Waals surface area contributed by atoms with Gasteiger partial charge in [0.15, 0.2) is 0 Å². The predicted octanol–water partition coefficient (Wildman–Crippen LogP) is 4.37. The molecule has 0 fully saturated rings. The standard InChI is InChI=1S/C21H31NO3/c1-4-9-16(3)21(23)22-12-7-6-10-17-14-19(24-5-2)18-11-8-13-25-20(18)15-17/h8,11,14-16H,4-7,9-10,12-13H2,1-3H3,(H,22,23). The molecule has 1 atom stereocenters. The highest BCUT2D eigenvalue weighted by atomic mass is 16.5. The topological polar surface area (TPSA) is 47.6 Å².